The van der Waals surface area contributed by atoms with Gasteiger partial charge in [0.2, 0.25) is 0 Å². The number of ether oxygens (including phenoxy) is 1. The van der Waals surface area contributed by atoms with E-state index in [1.807, 2.05) is 13.8 Å². The Morgan fingerprint density at radius 2 is 2.19 bits per heavy atom. The first-order chi connectivity index (χ1) is 12.2. The molecule has 0 aliphatic carbocycles. The number of benzene rings is 1. The molecule has 0 fully saturated rings. The molecule has 1 aromatic carbocycles. The molecule has 1 heterocycles. The molecular formula is C19H22BrFN2O3. The second kappa shape index (κ2) is 7.85. The maximum absolute atomic E-state index is 13.6. The second-order valence-corrected chi connectivity index (χ2v) is 7.74. The van der Waals surface area contributed by atoms with Crippen molar-refractivity contribution in [2.45, 2.75) is 32.7 Å². The standard InChI is InChI=1S/C19H22BrFN2O3/c1-10(2)19(18(24)25)16(9-26-4)23-11(3)14(8-22)17(19)13-6-5-12(21)7-15(13)20/h5-7,10,14,16-17H,9H2,1-4H3,(H,24,25). The van der Waals surface area contributed by atoms with E-state index in [0.29, 0.717) is 15.7 Å². The van der Waals surface area contributed by atoms with Gasteiger partial charge in [-0.05, 0) is 30.5 Å². The summed E-state index contributed by atoms with van der Waals surface area (Å²) in [4.78, 5) is 17.2. The number of hydrogen-bond acceptors (Lipinski definition) is 4. The summed E-state index contributed by atoms with van der Waals surface area (Å²) in [6.45, 7) is 5.47. The van der Waals surface area contributed by atoms with Gasteiger partial charge in [0.05, 0.1) is 24.6 Å². The van der Waals surface area contributed by atoms with Crippen LogP contribution in [0.1, 0.15) is 32.3 Å². The van der Waals surface area contributed by atoms with Crippen molar-refractivity contribution in [1.29, 1.82) is 5.26 Å². The van der Waals surface area contributed by atoms with E-state index in [1.54, 1.807) is 13.0 Å². The number of nitriles is 1. The van der Waals surface area contributed by atoms with Gasteiger partial charge in [0.1, 0.15) is 11.2 Å². The summed E-state index contributed by atoms with van der Waals surface area (Å²) in [5.41, 5.74) is -0.214. The van der Waals surface area contributed by atoms with Gasteiger partial charge in [-0.15, -0.1) is 0 Å². The van der Waals surface area contributed by atoms with Gasteiger partial charge in [0.15, 0.2) is 0 Å². The number of halogens is 2. The van der Waals surface area contributed by atoms with Crippen LogP contribution < -0.4 is 0 Å². The Labute approximate surface area is 161 Å². The number of aliphatic imine (C=N–C) groups is 1. The number of aliphatic carboxylic acids is 1. The first kappa shape index (κ1) is 20.5. The normalized spacial score (nSPS) is 28.5. The molecule has 26 heavy (non-hydrogen) atoms. The van der Waals surface area contributed by atoms with Crippen LogP contribution in [0.5, 0.6) is 0 Å². The highest BCUT2D eigenvalue weighted by Crippen LogP contribution is 2.54. The van der Waals surface area contributed by atoms with Crippen LogP contribution in [0.15, 0.2) is 27.7 Å². The SMILES string of the molecule is COCC1N=C(C)C(C#N)C(c2ccc(F)cc2Br)C1(C(=O)O)C(C)C. The Morgan fingerprint density at radius 1 is 1.54 bits per heavy atom. The zero-order valence-electron chi connectivity index (χ0n) is 15.2. The molecule has 0 aromatic heterocycles. The van der Waals surface area contributed by atoms with Crippen molar-refractivity contribution in [1.82, 2.24) is 0 Å². The quantitative estimate of drug-likeness (QED) is 0.773. The summed E-state index contributed by atoms with van der Waals surface area (Å²) < 4.78 is 19.3. The van der Waals surface area contributed by atoms with Crippen LogP contribution in [-0.2, 0) is 9.53 Å². The molecule has 0 saturated carbocycles. The van der Waals surface area contributed by atoms with Crippen molar-refractivity contribution in [3.05, 3.63) is 34.1 Å². The summed E-state index contributed by atoms with van der Waals surface area (Å²) in [5, 5.41) is 20.1. The number of carbonyl (C=O) groups is 1. The first-order valence-electron chi connectivity index (χ1n) is 8.32. The van der Waals surface area contributed by atoms with Gasteiger partial charge in [-0.3, -0.25) is 9.79 Å². The zero-order chi connectivity index (χ0) is 19.6. The molecule has 4 atom stereocenters. The minimum Gasteiger partial charge on any atom is -0.481 e. The highest BCUT2D eigenvalue weighted by molar-refractivity contribution is 9.10. The Morgan fingerprint density at radius 3 is 2.65 bits per heavy atom. The number of hydrogen-bond donors (Lipinski definition) is 1. The van der Waals surface area contributed by atoms with E-state index in [2.05, 4.69) is 27.0 Å². The zero-order valence-corrected chi connectivity index (χ0v) is 16.7. The Kier molecular flexibility index (Phi) is 6.20. The molecular weight excluding hydrogens is 403 g/mol. The van der Waals surface area contributed by atoms with E-state index in [-0.39, 0.29) is 12.5 Å². The first-order valence-corrected chi connectivity index (χ1v) is 9.12. The van der Waals surface area contributed by atoms with Crippen molar-refractivity contribution in [2.75, 3.05) is 13.7 Å². The van der Waals surface area contributed by atoms with Crippen LogP contribution in [0.25, 0.3) is 0 Å². The van der Waals surface area contributed by atoms with Crippen molar-refractivity contribution in [3.8, 4) is 6.07 Å². The van der Waals surface area contributed by atoms with E-state index in [0.717, 1.165) is 0 Å². The Bertz CT molecular complexity index is 775. The van der Waals surface area contributed by atoms with Crippen molar-refractivity contribution in [3.63, 3.8) is 0 Å². The number of rotatable bonds is 5. The fraction of sp³-hybridized carbons (Fsp3) is 0.526. The average Bonchev–Trinajstić information content (AvgIpc) is 2.54. The van der Waals surface area contributed by atoms with Crippen molar-refractivity contribution < 1.29 is 19.0 Å². The molecule has 5 nitrogen and oxygen atoms in total. The van der Waals surface area contributed by atoms with Gasteiger partial charge in [-0.2, -0.15) is 5.26 Å². The summed E-state index contributed by atoms with van der Waals surface area (Å²) in [6.07, 6.45) is 0. The molecule has 1 aromatic rings. The highest BCUT2D eigenvalue weighted by atomic mass is 79.9. The van der Waals surface area contributed by atoms with Crippen LogP contribution >= 0.6 is 15.9 Å². The average molecular weight is 425 g/mol. The molecule has 0 amide bonds. The highest BCUT2D eigenvalue weighted by Gasteiger charge is 2.60. The van der Waals surface area contributed by atoms with Gasteiger partial charge < -0.3 is 9.84 Å². The lowest BCUT2D eigenvalue weighted by Crippen LogP contribution is -2.57. The van der Waals surface area contributed by atoms with E-state index in [1.165, 1.54) is 19.2 Å². The maximum Gasteiger partial charge on any atom is 0.312 e. The molecule has 0 saturated heterocycles. The predicted octanol–water partition coefficient (Wildman–Crippen LogP) is 4.03. The van der Waals surface area contributed by atoms with Crippen molar-refractivity contribution in [2.24, 2.45) is 22.2 Å². The molecule has 4 unspecified atom stereocenters. The number of methoxy groups -OCH3 is 1. The number of carboxylic acid groups (broad SMARTS) is 1. The van der Waals surface area contributed by atoms with Crippen LogP contribution in [0.4, 0.5) is 4.39 Å². The smallest absolute Gasteiger partial charge is 0.312 e. The third-order valence-electron chi connectivity index (χ3n) is 5.30. The van der Waals surface area contributed by atoms with E-state index >= 15 is 0 Å². The minimum atomic E-state index is -1.36. The molecule has 140 valence electrons. The van der Waals surface area contributed by atoms with Crippen LogP contribution in [0.3, 0.4) is 0 Å². The van der Waals surface area contributed by atoms with Gasteiger partial charge in [0.25, 0.3) is 0 Å². The van der Waals surface area contributed by atoms with Gasteiger partial charge in [-0.25, -0.2) is 4.39 Å². The molecule has 1 aliphatic rings. The molecule has 1 N–H and O–H groups in total. The number of carboxylic acids is 1. The van der Waals surface area contributed by atoms with E-state index in [9.17, 15) is 19.6 Å². The molecule has 2 rings (SSSR count). The van der Waals surface area contributed by atoms with Crippen LogP contribution in [-0.4, -0.2) is 36.5 Å². The summed E-state index contributed by atoms with van der Waals surface area (Å²) >= 11 is 3.35. The lowest BCUT2D eigenvalue weighted by atomic mass is 9.55. The number of nitrogens with zero attached hydrogens (tertiary/aromatic N) is 2. The summed E-state index contributed by atoms with van der Waals surface area (Å²) in [5.74, 6) is -3.24. The van der Waals surface area contributed by atoms with Gasteiger partial charge >= 0.3 is 5.97 Å². The lowest BCUT2D eigenvalue weighted by molar-refractivity contribution is -0.158. The topological polar surface area (TPSA) is 82.7 Å². The maximum atomic E-state index is 13.6. The monoisotopic (exact) mass is 424 g/mol. The molecule has 0 bridgehead atoms. The molecule has 1 aliphatic heterocycles. The molecule has 0 radical (unpaired) electrons. The third kappa shape index (κ3) is 3.17. The second-order valence-electron chi connectivity index (χ2n) is 6.88. The molecule has 0 spiro atoms. The Balaban J connectivity index is 2.86. The van der Waals surface area contributed by atoms with E-state index in [4.69, 9.17) is 4.74 Å². The van der Waals surface area contributed by atoms with Crippen LogP contribution in [0.2, 0.25) is 0 Å². The van der Waals surface area contributed by atoms with Crippen LogP contribution in [0, 0.1) is 34.4 Å². The fourth-order valence-electron chi connectivity index (χ4n) is 4.12. The van der Waals surface area contributed by atoms with Gasteiger partial charge in [0, 0.05) is 23.2 Å². The van der Waals surface area contributed by atoms with Gasteiger partial charge in [-0.1, -0.05) is 35.8 Å². The van der Waals surface area contributed by atoms with Crippen molar-refractivity contribution >= 4 is 27.6 Å². The molecule has 7 heteroatoms. The lowest BCUT2D eigenvalue weighted by Gasteiger charge is -2.49. The Hall–Kier alpha value is -1.78. The predicted molar refractivity (Wildman–Crippen MR) is 99.6 cm³/mol. The summed E-state index contributed by atoms with van der Waals surface area (Å²) in [7, 11) is 1.50. The third-order valence-corrected chi connectivity index (χ3v) is 5.98. The largest absolute Gasteiger partial charge is 0.481 e. The summed E-state index contributed by atoms with van der Waals surface area (Å²) in [6, 6.07) is 5.70. The van der Waals surface area contributed by atoms with E-state index < -0.39 is 35.1 Å². The minimum absolute atomic E-state index is 0.120. The fourth-order valence-corrected chi connectivity index (χ4v) is 4.71.